The molecule has 1 unspecified atom stereocenters. The average molecular weight is 274 g/mol. The quantitative estimate of drug-likeness (QED) is 0.874. The van der Waals surface area contributed by atoms with Crippen LogP contribution in [0, 0.1) is 20.8 Å². The van der Waals surface area contributed by atoms with Gasteiger partial charge in [0, 0.05) is 0 Å². The fraction of sp³-hybridized carbons (Fsp3) is 0.312. The number of methoxy groups -OCH3 is 1. The molecule has 1 aromatic carbocycles. The van der Waals surface area contributed by atoms with Crippen molar-refractivity contribution in [3.8, 4) is 0 Å². The Morgan fingerprint density at radius 1 is 1.20 bits per heavy atom. The van der Waals surface area contributed by atoms with Gasteiger partial charge >= 0.3 is 5.97 Å². The van der Waals surface area contributed by atoms with Gasteiger partial charge in [0.1, 0.15) is 11.9 Å². The van der Waals surface area contributed by atoms with Gasteiger partial charge in [0.2, 0.25) is 5.76 Å². The van der Waals surface area contributed by atoms with Crippen LogP contribution in [0.3, 0.4) is 0 Å². The Kier molecular flexibility index (Phi) is 3.95. The molecule has 0 amide bonds. The summed E-state index contributed by atoms with van der Waals surface area (Å²) in [6, 6.07) is 7.12. The molecule has 0 radical (unpaired) electrons. The van der Waals surface area contributed by atoms with E-state index in [4.69, 9.17) is 4.42 Å². The summed E-state index contributed by atoms with van der Waals surface area (Å²) in [6.07, 6.45) is -0.894. The van der Waals surface area contributed by atoms with E-state index >= 15 is 0 Å². The molecule has 1 aromatic heterocycles. The van der Waals surface area contributed by atoms with E-state index < -0.39 is 12.1 Å². The fourth-order valence-corrected chi connectivity index (χ4v) is 2.47. The number of carbonyl (C=O) groups excluding carboxylic acids is 1. The van der Waals surface area contributed by atoms with Crippen LogP contribution in [0.15, 0.2) is 28.7 Å². The minimum atomic E-state index is -0.894. The SMILES string of the molecule is COC(=O)c1ccc(C(O)c2c(C)cc(C)cc2C)o1. The van der Waals surface area contributed by atoms with Crippen LogP contribution < -0.4 is 0 Å². The molecular weight excluding hydrogens is 256 g/mol. The van der Waals surface area contributed by atoms with Crippen molar-refractivity contribution in [3.05, 3.63) is 58.0 Å². The molecule has 1 N–H and O–H groups in total. The molecule has 0 aliphatic heterocycles. The molecule has 0 spiro atoms. The molecule has 4 nitrogen and oxygen atoms in total. The summed E-state index contributed by atoms with van der Waals surface area (Å²) in [4.78, 5) is 11.4. The van der Waals surface area contributed by atoms with Gasteiger partial charge in [-0.25, -0.2) is 4.79 Å². The summed E-state index contributed by atoms with van der Waals surface area (Å²) in [5.74, 6) is -0.134. The van der Waals surface area contributed by atoms with Gasteiger partial charge < -0.3 is 14.3 Å². The molecule has 0 aliphatic carbocycles. The molecule has 2 aromatic rings. The number of hydrogen-bond donors (Lipinski definition) is 1. The van der Waals surface area contributed by atoms with Gasteiger partial charge in [-0.15, -0.1) is 0 Å². The molecule has 0 bridgehead atoms. The highest BCUT2D eigenvalue weighted by atomic mass is 16.5. The van der Waals surface area contributed by atoms with Crippen molar-refractivity contribution >= 4 is 5.97 Å². The van der Waals surface area contributed by atoms with Gasteiger partial charge in [0.15, 0.2) is 0 Å². The summed E-state index contributed by atoms with van der Waals surface area (Å²) >= 11 is 0. The lowest BCUT2D eigenvalue weighted by Gasteiger charge is -2.15. The second kappa shape index (κ2) is 5.51. The predicted octanol–water partition coefficient (Wildman–Crippen LogP) is 3.07. The van der Waals surface area contributed by atoms with E-state index in [2.05, 4.69) is 4.74 Å². The first kappa shape index (κ1) is 14.3. The number of ether oxygens (including phenoxy) is 1. The van der Waals surface area contributed by atoms with E-state index in [0.29, 0.717) is 5.76 Å². The van der Waals surface area contributed by atoms with Gasteiger partial charge in [-0.3, -0.25) is 0 Å². The number of aliphatic hydroxyl groups is 1. The Hall–Kier alpha value is -2.07. The summed E-state index contributed by atoms with van der Waals surface area (Å²) in [6.45, 7) is 5.91. The first-order chi connectivity index (χ1) is 9.43. The molecule has 0 saturated carbocycles. The van der Waals surface area contributed by atoms with E-state index in [1.165, 1.54) is 13.2 Å². The third-order valence-electron chi connectivity index (χ3n) is 3.29. The Labute approximate surface area is 118 Å². The van der Waals surface area contributed by atoms with Crippen molar-refractivity contribution in [2.75, 3.05) is 7.11 Å². The molecule has 4 heteroatoms. The number of esters is 1. The van der Waals surface area contributed by atoms with E-state index in [0.717, 1.165) is 22.3 Å². The normalized spacial score (nSPS) is 12.2. The maximum absolute atomic E-state index is 11.4. The highest BCUT2D eigenvalue weighted by molar-refractivity contribution is 5.86. The summed E-state index contributed by atoms with van der Waals surface area (Å²) in [5.41, 5.74) is 3.93. The van der Waals surface area contributed by atoms with Gasteiger partial charge in [0.05, 0.1) is 7.11 Å². The number of aryl methyl sites for hydroxylation is 3. The Bertz CT molecular complexity index is 617. The third kappa shape index (κ3) is 2.60. The second-order valence-electron chi connectivity index (χ2n) is 4.91. The third-order valence-corrected chi connectivity index (χ3v) is 3.29. The Morgan fingerprint density at radius 3 is 2.35 bits per heavy atom. The second-order valence-corrected chi connectivity index (χ2v) is 4.91. The van der Waals surface area contributed by atoms with Crippen LogP contribution in [0.4, 0.5) is 0 Å². The molecule has 1 heterocycles. The highest BCUT2D eigenvalue weighted by Crippen LogP contribution is 2.29. The molecule has 20 heavy (non-hydrogen) atoms. The monoisotopic (exact) mass is 274 g/mol. The molecule has 106 valence electrons. The van der Waals surface area contributed by atoms with Crippen LogP contribution >= 0.6 is 0 Å². The zero-order chi connectivity index (χ0) is 14.9. The largest absolute Gasteiger partial charge is 0.463 e. The van der Waals surface area contributed by atoms with Crippen LogP contribution in [0.5, 0.6) is 0 Å². The number of carbonyl (C=O) groups is 1. The van der Waals surface area contributed by atoms with Crippen LogP contribution in [0.1, 0.15) is 44.7 Å². The van der Waals surface area contributed by atoms with Crippen molar-refractivity contribution in [1.82, 2.24) is 0 Å². The van der Waals surface area contributed by atoms with Crippen molar-refractivity contribution in [2.24, 2.45) is 0 Å². The molecule has 2 rings (SSSR count). The van der Waals surface area contributed by atoms with E-state index in [1.54, 1.807) is 6.07 Å². The number of rotatable bonds is 3. The summed E-state index contributed by atoms with van der Waals surface area (Å²) in [7, 11) is 1.29. The van der Waals surface area contributed by atoms with Crippen molar-refractivity contribution < 1.29 is 19.1 Å². The van der Waals surface area contributed by atoms with Crippen LogP contribution in [-0.4, -0.2) is 18.2 Å². The number of benzene rings is 1. The zero-order valence-corrected chi connectivity index (χ0v) is 12.1. The van der Waals surface area contributed by atoms with Gasteiger partial charge in [0.25, 0.3) is 0 Å². The standard InChI is InChI=1S/C16H18O4/c1-9-7-10(2)14(11(3)8-9)15(17)12-5-6-13(20-12)16(18)19-4/h5-8,15,17H,1-4H3. The Balaban J connectivity index is 2.39. The van der Waals surface area contributed by atoms with Crippen molar-refractivity contribution in [3.63, 3.8) is 0 Å². The Morgan fingerprint density at radius 2 is 1.80 bits per heavy atom. The van der Waals surface area contributed by atoms with E-state index in [9.17, 15) is 9.90 Å². The topological polar surface area (TPSA) is 59.7 Å². The lowest BCUT2D eigenvalue weighted by Crippen LogP contribution is -2.04. The summed E-state index contributed by atoms with van der Waals surface area (Å²) in [5, 5.41) is 10.5. The maximum atomic E-state index is 11.4. The van der Waals surface area contributed by atoms with Crippen LogP contribution in [-0.2, 0) is 4.74 Å². The lowest BCUT2D eigenvalue weighted by molar-refractivity contribution is 0.0558. The number of hydrogen-bond acceptors (Lipinski definition) is 4. The van der Waals surface area contributed by atoms with E-state index in [-0.39, 0.29) is 5.76 Å². The van der Waals surface area contributed by atoms with Crippen LogP contribution in [0.25, 0.3) is 0 Å². The minimum Gasteiger partial charge on any atom is -0.463 e. The smallest absolute Gasteiger partial charge is 0.373 e. The van der Waals surface area contributed by atoms with Crippen LogP contribution in [0.2, 0.25) is 0 Å². The number of furan rings is 1. The fourth-order valence-electron chi connectivity index (χ4n) is 2.47. The van der Waals surface area contributed by atoms with Crippen molar-refractivity contribution in [2.45, 2.75) is 26.9 Å². The lowest BCUT2D eigenvalue weighted by atomic mass is 9.94. The van der Waals surface area contributed by atoms with Gasteiger partial charge in [-0.2, -0.15) is 0 Å². The highest BCUT2D eigenvalue weighted by Gasteiger charge is 2.21. The van der Waals surface area contributed by atoms with Gasteiger partial charge in [-0.1, -0.05) is 17.7 Å². The molecular formula is C16H18O4. The summed E-state index contributed by atoms with van der Waals surface area (Å²) < 4.78 is 9.95. The number of aliphatic hydroxyl groups excluding tert-OH is 1. The zero-order valence-electron chi connectivity index (χ0n) is 12.1. The average Bonchev–Trinajstić information content (AvgIpc) is 2.86. The molecule has 0 aliphatic rings. The van der Waals surface area contributed by atoms with Gasteiger partial charge in [-0.05, 0) is 49.6 Å². The molecule has 0 fully saturated rings. The first-order valence-electron chi connectivity index (χ1n) is 6.38. The molecule has 0 saturated heterocycles. The maximum Gasteiger partial charge on any atom is 0.373 e. The van der Waals surface area contributed by atoms with E-state index in [1.807, 2.05) is 32.9 Å². The van der Waals surface area contributed by atoms with Crippen molar-refractivity contribution in [1.29, 1.82) is 0 Å². The first-order valence-corrected chi connectivity index (χ1v) is 6.38. The minimum absolute atomic E-state index is 0.0870. The molecule has 1 atom stereocenters. The predicted molar refractivity (Wildman–Crippen MR) is 74.8 cm³/mol.